The molecule has 244 valence electrons. The van der Waals surface area contributed by atoms with Crippen LogP contribution in [0.3, 0.4) is 0 Å². The van der Waals surface area contributed by atoms with Crippen molar-refractivity contribution in [1.82, 2.24) is 25.1 Å². The molecule has 1 aromatic heterocycles. The van der Waals surface area contributed by atoms with Gasteiger partial charge >= 0.3 is 0 Å². The fourth-order valence-electron chi connectivity index (χ4n) is 5.22. The first-order valence-electron chi connectivity index (χ1n) is 15.3. The highest BCUT2D eigenvalue weighted by Crippen LogP contribution is 2.35. The predicted molar refractivity (Wildman–Crippen MR) is 183 cm³/mol. The van der Waals surface area contributed by atoms with E-state index in [1.165, 1.54) is 11.8 Å². The molecule has 1 atom stereocenters. The van der Waals surface area contributed by atoms with E-state index in [2.05, 4.69) is 15.5 Å². The van der Waals surface area contributed by atoms with E-state index in [1.807, 2.05) is 102 Å². The number of aromatic nitrogens is 3. The summed E-state index contributed by atoms with van der Waals surface area (Å²) < 4.78 is 18.1. The number of amides is 2. The monoisotopic (exact) mass is 662 g/mol. The van der Waals surface area contributed by atoms with Gasteiger partial charge in [0.05, 0.1) is 38.3 Å². The van der Waals surface area contributed by atoms with Crippen LogP contribution in [0, 0.1) is 0 Å². The van der Waals surface area contributed by atoms with Crippen LogP contribution in [0.2, 0.25) is 0 Å². The molecule has 11 nitrogen and oxygen atoms in total. The van der Waals surface area contributed by atoms with Crippen molar-refractivity contribution in [2.45, 2.75) is 24.2 Å². The van der Waals surface area contributed by atoms with Gasteiger partial charge in [-0.05, 0) is 71.8 Å². The molecule has 4 aromatic carbocycles. The molecule has 1 aliphatic heterocycles. The van der Waals surface area contributed by atoms with Crippen LogP contribution in [0.25, 0.3) is 5.69 Å². The van der Waals surface area contributed by atoms with Crippen LogP contribution in [0.5, 0.6) is 17.2 Å². The van der Waals surface area contributed by atoms with Crippen LogP contribution in [0.15, 0.2) is 119 Å². The Morgan fingerprint density at radius 1 is 0.812 bits per heavy atom. The zero-order chi connectivity index (χ0) is 33.3. The van der Waals surface area contributed by atoms with E-state index in [4.69, 9.17) is 19.3 Å². The Morgan fingerprint density at radius 3 is 2.12 bits per heavy atom. The highest BCUT2D eigenvalue weighted by Gasteiger charge is 2.33. The van der Waals surface area contributed by atoms with Gasteiger partial charge in [0.2, 0.25) is 0 Å². The molecule has 0 fully saturated rings. The Balaban J connectivity index is 1.19. The molecule has 1 N–H and O–H groups in total. The molecular weight excluding hydrogens is 629 g/mol. The van der Waals surface area contributed by atoms with Gasteiger partial charge in [-0.25, -0.2) is 5.01 Å². The van der Waals surface area contributed by atoms with Gasteiger partial charge in [0.15, 0.2) is 17.6 Å². The number of hydrogen-bond donors (Lipinski definition) is 1. The molecule has 0 bridgehead atoms. The van der Waals surface area contributed by atoms with Crippen LogP contribution in [-0.2, 0) is 16.1 Å². The minimum Gasteiger partial charge on any atom is -0.497 e. The minimum atomic E-state index is -0.296. The van der Waals surface area contributed by atoms with Crippen molar-refractivity contribution < 1.29 is 23.8 Å². The van der Waals surface area contributed by atoms with Crippen molar-refractivity contribution >= 4 is 29.3 Å². The first kappa shape index (κ1) is 32.3. The largest absolute Gasteiger partial charge is 0.497 e. The number of rotatable bonds is 13. The van der Waals surface area contributed by atoms with E-state index >= 15 is 0 Å². The van der Waals surface area contributed by atoms with E-state index in [1.54, 1.807) is 31.4 Å². The zero-order valence-corrected chi connectivity index (χ0v) is 27.3. The molecule has 0 saturated heterocycles. The smallest absolute Gasteiger partial charge is 0.258 e. The van der Waals surface area contributed by atoms with Gasteiger partial charge in [-0.15, -0.1) is 10.2 Å². The standard InChI is InChI=1S/C36H34N6O5S/c1-45-28-17-13-25(14-18-28)31-21-32(26-15-19-29(46-2)20-16-26)42(40-31)35(44)24-48-36-39-38-33(41(36)27-9-5-3-6-10-27)22-37-34(43)23-47-30-11-7-4-8-12-30/h3-20,32H,21-24H2,1-2H3,(H,37,43)/t32-/m1/s1. The molecule has 2 heterocycles. The highest BCUT2D eigenvalue weighted by atomic mass is 32.2. The number of hydrogen-bond acceptors (Lipinski definition) is 9. The Kier molecular flexibility index (Phi) is 10.3. The summed E-state index contributed by atoms with van der Waals surface area (Å²) in [7, 11) is 3.25. The van der Waals surface area contributed by atoms with E-state index < -0.39 is 0 Å². The van der Waals surface area contributed by atoms with Gasteiger partial charge in [0, 0.05) is 12.1 Å². The van der Waals surface area contributed by atoms with E-state index in [9.17, 15) is 9.59 Å². The Labute approximate surface area is 282 Å². The number of para-hydroxylation sites is 2. The van der Waals surface area contributed by atoms with Crippen molar-refractivity contribution in [3.63, 3.8) is 0 Å². The second-order valence-electron chi connectivity index (χ2n) is 10.7. The van der Waals surface area contributed by atoms with Crippen molar-refractivity contribution in [3.8, 4) is 22.9 Å². The van der Waals surface area contributed by atoms with Gasteiger partial charge in [0.25, 0.3) is 11.8 Å². The number of ether oxygens (including phenoxy) is 3. The second kappa shape index (κ2) is 15.3. The fraction of sp³-hybridized carbons (Fsp3) is 0.194. The van der Waals surface area contributed by atoms with Gasteiger partial charge in [-0.3, -0.25) is 14.2 Å². The summed E-state index contributed by atoms with van der Waals surface area (Å²) in [5.74, 6) is 2.19. The number of nitrogens with zero attached hydrogens (tertiary/aromatic N) is 5. The minimum absolute atomic E-state index is 0.0638. The molecular formula is C36H34N6O5S. The maximum atomic E-state index is 13.9. The third kappa shape index (κ3) is 7.67. The molecule has 0 unspecified atom stereocenters. The Morgan fingerprint density at radius 2 is 1.46 bits per heavy atom. The lowest BCUT2D eigenvalue weighted by Gasteiger charge is -2.22. The quantitative estimate of drug-likeness (QED) is 0.165. The number of thioether (sulfide) groups is 1. The third-order valence-electron chi connectivity index (χ3n) is 7.69. The third-order valence-corrected chi connectivity index (χ3v) is 8.60. The fourth-order valence-corrected chi connectivity index (χ4v) is 6.04. The summed E-state index contributed by atoms with van der Waals surface area (Å²) in [6, 6.07) is 33.8. The number of carbonyl (C=O) groups excluding carboxylic acids is 2. The molecule has 2 amide bonds. The molecule has 0 spiro atoms. The van der Waals surface area contributed by atoms with E-state index in [-0.39, 0.29) is 36.8 Å². The van der Waals surface area contributed by atoms with Crippen LogP contribution in [0.4, 0.5) is 0 Å². The van der Waals surface area contributed by atoms with Crippen LogP contribution >= 0.6 is 11.8 Å². The summed E-state index contributed by atoms with van der Waals surface area (Å²) in [5, 5.41) is 18.5. The SMILES string of the molecule is COc1ccc(C2=NN(C(=O)CSc3nnc(CNC(=O)COc4ccccc4)n3-c3ccccc3)[C@@H](c3ccc(OC)cc3)C2)cc1. The summed E-state index contributed by atoms with van der Waals surface area (Å²) in [6.07, 6.45) is 0.549. The first-order valence-corrected chi connectivity index (χ1v) is 16.3. The Hall–Kier alpha value is -5.62. The van der Waals surface area contributed by atoms with Gasteiger partial charge in [0.1, 0.15) is 17.2 Å². The van der Waals surface area contributed by atoms with Crippen LogP contribution < -0.4 is 19.5 Å². The molecule has 0 saturated carbocycles. The molecule has 1 aliphatic rings. The van der Waals surface area contributed by atoms with Crippen LogP contribution in [0.1, 0.15) is 29.4 Å². The molecule has 0 radical (unpaired) electrons. The van der Waals surface area contributed by atoms with Crippen molar-refractivity contribution in [2.75, 3.05) is 26.6 Å². The maximum absolute atomic E-state index is 13.9. The second-order valence-corrected chi connectivity index (χ2v) is 11.7. The number of methoxy groups -OCH3 is 2. The van der Waals surface area contributed by atoms with Gasteiger partial charge in [-0.1, -0.05) is 60.3 Å². The van der Waals surface area contributed by atoms with Crippen molar-refractivity contribution in [3.05, 3.63) is 126 Å². The highest BCUT2D eigenvalue weighted by molar-refractivity contribution is 7.99. The average Bonchev–Trinajstić information content (AvgIpc) is 3.78. The number of carbonyl (C=O) groups is 2. The first-order chi connectivity index (χ1) is 23.5. The lowest BCUT2D eigenvalue weighted by molar-refractivity contribution is -0.130. The van der Waals surface area contributed by atoms with Crippen LogP contribution in [-0.4, -0.2) is 63.9 Å². The summed E-state index contributed by atoms with van der Waals surface area (Å²) in [6.45, 7) is -0.0155. The van der Waals surface area contributed by atoms with E-state index in [0.717, 1.165) is 34.0 Å². The maximum Gasteiger partial charge on any atom is 0.258 e. The van der Waals surface area contributed by atoms with E-state index in [0.29, 0.717) is 23.2 Å². The topological polar surface area (TPSA) is 120 Å². The summed E-state index contributed by atoms with van der Waals surface area (Å²) >= 11 is 1.26. The summed E-state index contributed by atoms with van der Waals surface area (Å²) in [5.41, 5.74) is 3.47. The van der Waals surface area contributed by atoms with Crippen molar-refractivity contribution in [1.29, 1.82) is 0 Å². The molecule has 12 heteroatoms. The molecule has 48 heavy (non-hydrogen) atoms. The zero-order valence-electron chi connectivity index (χ0n) is 26.5. The number of benzene rings is 4. The molecule has 0 aliphatic carbocycles. The summed E-state index contributed by atoms with van der Waals surface area (Å²) in [4.78, 5) is 26.5. The van der Waals surface area contributed by atoms with Gasteiger partial charge in [-0.2, -0.15) is 5.10 Å². The Bertz CT molecular complexity index is 1870. The molecule has 5 aromatic rings. The van der Waals surface area contributed by atoms with Gasteiger partial charge < -0.3 is 19.5 Å². The number of nitrogens with one attached hydrogen (secondary N) is 1. The average molecular weight is 663 g/mol. The predicted octanol–water partition coefficient (Wildman–Crippen LogP) is 5.45. The lowest BCUT2D eigenvalue weighted by atomic mass is 9.98. The lowest BCUT2D eigenvalue weighted by Crippen LogP contribution is -2.29. The number of hydrazone groups is 1. The normalized spacial score (nSPS) is 13.9. The molecule has 6 rings (SSSR count). The van der Waals surface area contributed by atoms with Crippen molar-refractivity contribution in [2.24, 2.45) is 5.10 Å².